The van der Waals surface area contributed by atoms with Crippen LogP contribution in [0.2, 0.25) is 0 Å². The lowest BCUT2D eigenvalue weighted by Gasteiger charge is -2.32. The number of piperidine rings is 1. The lowest BCUT2D eigenvalue weighted by Crippen LogP contribution is -2.40. The van der Waals surface area contributed by atoms with Crippen LogP contribution in [0.25, 0.3) is 0 Å². The van der Waals surface area contributed by atoms with Crippen LogP contribution in [0, 0.1) is 11.7 Å². The number of hydrogen-bond acceptors (Lipinski definition) is 3. The van der Waals surface area contributed by atoms with E-state index in [0.717, 1.165) is 39.0 Å². The number of amides is 1. The summed E-state index contributed by atoms with van der Waals surface area (Å²) >= 11 is 0. The number of nitrogens with one attached hydrogen (secondary N) is 1. The SMILES string of the molecule is CCNCC1CCN(C(=O)CCCOc2ccc(F)cc2)CC1. The third-order valence-corrected chi connectivity index (χ3v) is 4.27. The van der Waals surface area contributed by atoms with E-state index in [1.54, 1.807) is 12.1 Å². The second kappa shape index (κ2) is 9.50. The fraction of sp³-hybridized carbons (Fsp3) is 0.611. The van der Waals surface area contributed by atoms with E-state index in [-0.39, 0.29) is 11.7 Å². The zero-order valence-electron chi connectivity index (χ0n) is 13.9. The van der Waals surface area contributed by atoms with Gasteiger partial charge < -0.3 is 15.0 Å². The molecule has 23 heavy (non-hydrogen) atoms. The van der Waals surface area contributed by atoms with Crippen LogP contribution >= 0.6 is 0 Å². The number of benzene rings is 1. The van der Waals surface area contributed by atoms with Gasteiger partial charge in [0.05, 0.1) is 6.61 Å². The summed E-state index contributed by atoms with van der Waals surface area (Å²) in [6, 6.07) is 5.95. The Bertz CT molecular complexity index is 470. The van der Waals surface area contributed by atoms with Crippen LogP contribution in [0.5, 0.6) is 5.75 Å². The molecule has 0 aliphatic carbocycles. The van der Waals surface area contributed by atoms with Crippen LogP contribution in [-0.2, 0) is 4.79 Å². The fourth-order valence-electron chi connectivity index (χ4n) is 2.84. The van der Waals surface area contributed by atoms with Crippen LogP contribution in [0.15, 0.2) is 24.3 Å². The standard InChI is InChI=1S/C18H27FN2O2/c1-2-20-14-15-9-11-21(12-10-15)18(22)4-3-13-23-17-7-5-16(19)6-8-17/h5-8,15,20H,2-4,9-14H2,1H3. The Balaban J connectivity index is 1.59. The van der Waals surface area contributed by atoms with Crippen molar-refractivity contribution in [3.8, 4) is 5.75 Å². The normalized spacial score (nSPS) is 15.7. The highest BCUT2D eigenvalue weighted by molar-refractivity contribution is 5.76. The van der Waals surface area contributed by atoms with E-state index in [0.29, 0.717) is 31.1 Å². The highest BCUT2D eigenvalue weighted by Crippen LogP contribution is 2.17. The number of likely N-dealkylation sites (tertiary alicyclic amines) is 1. The van der Waals surface area contributed by atoms with Gasteiger partial charge >= 0.3 is 0 Å². The molecule has 0 atom stereocenters. The van der Waals surface area contributed by atoms with Crippen molar-refractivity contribution in [1.82, 2.24) is 10.2 Å². The average Bonchev–Trinajstić information content (AvgIpc) is 2.58. The quantitative estimate of drug-likeness (QED) is 0.748. The molecule has 128 valence electrons. The first kappa shape index (κ1) is 17.7. The van der Waals surface area contributed by atoms with Gasteiger partial charge in [0.15, 0.2) is 0 Å². The van der Waals surface area contributed by atoms with Gasteiger partial charge in [0.25, 0.3) is 0 Å². The van der Waals surface area contributed by atoms with E-state index in [2.05, 4.69) is 12.2 Å². The summed E-state index contributed by atoms with van der Waals surface area (Å²) in [7, 11) is 0. The zero-order chi connectivity index (χ0) is 16.5. The molecule has 1 saturated heterocycles. The number of carbonyl (C=O) groups is 1. The van der Waals surface area contributed by atoms with Crippen molar-refractivity contribution in [1.29, 1.82) is 0 Å². The molecule has 0 spiro atoms. The van der Waals surface area contributed by atoms with E-state index < -0.39 is 0 Å². The van der Waals surface area contributed by atoms with Crippen molar-refractivity contribution >= 4 is 5.91 Å². The Morgan fingerprint density at radius 1 is 1.30 bits per heavy atom. The maximum Gasteiger partial charge on any atom is 0.222 e. The lowest BCUT2D eigenvalue weighted by molar-refractivity contribution is -0.132. The average molecular weight is 322 g/mol. The lowest BCUT2D eigenvalue weighted by atomic mass is 9.96. The molecule has 4 nitrogen and oxygen atoms in total. The summed E-state index contributed by atoms with van der Waals surface area (Å²) in [4.78, 5) is 14.2. The molecule has 1 aliphatic rings. The van der Waals surface area contributed by atoms with Gasteiger partial charge in [-0.1, -0.05) is 6.92 Å². The second-order valence-electron chi connectivity index (χ2n) is 6.04. The molecule has 2 rings (SSSR count). The molecule has 1 aromatic rings. The Labute approximate surface area is 138 Å². The van der Waals surface area contributed by atoms with Gasteiger partial charge in [0.2, 0.25) is 5.91 Å². The van der Waals surface area contributed by atoms with E-state index in [4.69, 9.17) is 4.74 Å². The first-order chi connectivity index (χ1) is 11.2. The number of hydrogen-bond donors (Lipinski definition) is 1. The van der Waals surface area contributed by atoms with E-state index in [1.807, 2.05) is 4.90 Å². The third-order valence-electron chi connectivity index (χ3n) is 4.27. The van der Waals surface area contributed by atoms with E-state index in [9.17, 15) is 9.18 Å². The fourth-order valence-corrected chi connectivity index (χ4v) is 2.84. The molecule has 1 heterocycles. The summed E-state index contributed by atoms with van der Waals surface area (Å²) in [5, 5.41) is 3.38. The minimum absolute atomic E-state index is 0.217. The van der Waals surface area contributed by atoms with Crippen molar-refractivity contribution < 1.29 is 13.9 Å². The summed E-state index contributed by atoms with van der Waals surface area (Å²) in [6.45, 7) is 6.40. The van der Waals surface area contributed by atoms with E-state index >= 15 is 0 Å². The molecule has 0 bridgehead atoms. The van der Waals surface area contributed by atoms with Crippen molar-refractivity contribution in [2.75, 3.05) is 32.8 Å². The van der Waals surface area contributed by atoms with Gasteiger partial charge in [-0.2, -0.15) is 0 Å². The van der Waals surface area contributed by atoms with Gasteiger partial charge in [0, 0.05) is 19.5 Å². The second-order valence-corrected chi connectivity index (χ2v) is 6.04. The maximum atomic E-state index is 12.8. The van der Waals surface area contributed by atoms with Gasteiger partial charge in [-0.3, -0.25) is 4.79 Å². The molecule has 1 aliphatic heterocycles. The molecule has 1 fully saturated rings. The van der Waals surface area contributed by atoms with Crippen LogP contribution in [0.3, 0.4) is 0 Å². The zero-order valence-corrected chi connectivity index (χ0v) is 13.9. The molecule has 0 saturated carbocycles. The molecule has 0 aromatic heterocycles. The molecule has 1 amide bonds. The van der Waals surface area contributed by atoms with Crippen molar-refractivity contribution in [3.63, 3.8) is 0 Å². The van der Waals surface area contributed by atoms with Gasteiger partial charge in [-0.15, -0.1) is 0 Å². The predicted molar refractivity (Wildman–Crippen MR) is 89.0 cm³/mol. The number of carbonyl (C=O) groups excluding carboxylic acids is 1. The van der Waals surface area contributed by atoms with Gasteiger partial charge in [-0.25, -0.2) is 4.39 Å². The molecule has 1 N–H and O–H groups in total. The Morgan fingerprint density at radius 2 is 2.00 bits per heavy atom. The smallest absolute Gasteiger partial charge is 0.222 e. The number of nitrogens with zero attached hydrogens (tertiary/aromatic N) is 1. The number of halogens is 1. The minimum Gasteiger partial charge on any atom is -0.494 e. The van der Waals surface area contributed by atoms with Crippen LogP contribution < -0.4 is 10.1 Å². The van der Waals surface area contributed by atoms with Crippen molar-refractivity contribution in [2.45, 2.75) is 32.6 Å². The van der Waals surface area contributed by atoms with Crippen molar-refractivity contribution in [3.05, 3.63) is 30.1 Å². The largest absolute Gasteiger partial charge is 0.494 e. The van der Waals surface area contributed by atoms with Gasteiger partial charge in [-0.05, 0) is 62.5 Å². The van der Waals surface area contributed by atoms with Crippen molar-refractivity contribution in [2.24, 2.45) is 5.92 Å². The number of ether oxygens (including phenoxy) is 1. The summed E-state index contributed by atoms with van der Waals surface area (Å²) in [5.74, 6) is 1.28. The van der Waals surface area contributed by atoms with Crippen LogP contribution in [-0.4, -0.2) is 43.6 Å². The Morgan fingerprint density at radius 3 is 2.65 bits per heavy atom. The Kier molecular flexibility index (Phi) is 7.33. The molecule has 1 aromatic carbocycles. The van der Waals surface area contributed by atoms with Crippen LogP contribution in [0.1, 0.15) is 32.6 Å². The van der Waals surface area contributed by atoms with Gasteiger partial charge in [0.1, 0.15) is 11.6 Å². The highest BCUT2D eigenvalue weighted by Gasteiger charge is 2.21. The molecule has 0 radical (unpaired) electrons. The predicted octanol–water partition coefficient (Wildman–Crippen LogP) is 2.83. The summed E-state index contributed by atoms with van der Waals surface area (Å²) < 4.78 is 18.3. The van der Waals surface area contributed by atoms with Crippen LogP contribution in [0.4, 0.5) is 4.39 Å². The highest BCUT2D eigenvalue weighted by atomic mass is 19.1. The Hall–Kier alpha value is -1.62. The monoisotopic (exact) mass is 322 g/mol. The molecule has 5 heteroatoms. The maximum absolute atomic E-state index is 12.8. The van der Waals surface area contributed by atoms with E-state index in [1.165, 1.54) is 12.1 Å². The minimum atomic E-state index is -0.273. The molecule has 0 unspecified atom stereocenters. The first-order valence-electron chi connectivity index (χ1n) is 8.56. The first-order valence-corrected chi connectivity index (χ1v) is 8.56. The topological polar surface area (TPSA) is 41.6 Å². The summed E-state index contributed by atoms with van der Waals surface area (Å²) in [6.07, 6.45) is 3.38. The number of rotatable bonds is 8. The third kappa shape index (κ3) is 6.18. The molecular formula is C18H27FN2O2. The summed E-state index contributed by atoms with van der Waals surface area (Å²) in [5.41, 5.74) is 0. The molecular weight excluding hydrogens is 295 g/mol.